The highest BCUT2D eigenvalue weighted by Crippen LogP contribution is 2.24. The summed E-state index contributed by atoms with van der Waals surface area (Å²) >= 11 is 0. The highest BCUT2D eigenvalue weighted by Gasteiger charge is 2.25. The van der Waals surface area contributed by atoms with Gasteiger partial charge in [0.15, 0.2) is 0 Å². The van der Waals surface area contributed by atoms with Gasteiger partial charge in [0.1, 0.15) is 0 Å². The molecule has 0 saturated heterocycles. The lowest BCUT2D eigenvalue weighted by atomic mass is 10.1. The van der Waals surface area contributed by atoms with Crippen molar-refractivity contribution in [3.05, 3.63) is 0 Å². The van der Waals surface area contributed by atoms with E-state index in [1.807, 2.05) is 0 Å². The summed E-state index contributed by atoms with van der Waals surface area (Å²) in [5.41, 5.74) is 0. The van der Waals surface area contributed by atoms with Crippen LogP contribution >= 0.6 is 0 Å². The molecule has 1 rings (SSSR count). The van der Waals surface area contributed by atoms with E-state index in [9.17, 15) is 0 Å². The molecule has 1 fully saturated rings. The van der Waals surface area contributed by atoms with Crippen LogP contribution in [-0.4, -0.2) is 39.5 Å². The van der Waals surface area contributed by atoms with Crippen molar-refractivity contribution in [1.29, 1.82) is 5.26 Å². The van der Waals surface area contributed by atoms with Crippen LogP contribution in [0.3, 0.4) is 0 Å². The maximum atomic E-state index is 8.91. The highest BCUT2D eigenvalue weighted by atomic mass is 16.5. The first-order valence-corrected chi connectivity index (χ1v) is 6.08. The second-order valence-electron chi connectivity index (χ2n) is 4.19. The fourth-order valence-electron chi connectivity index (χ4n) is 2.06. The maximum absolute atomic E-state index is 8.91. The minimum absolute atomic E-state index is 0.217. The predicted octanol–water partition coefficient (Wildman–Crippen LogP) is 1.32. The van der Waals surface area contributed by atoms with E-state index in [0.717, 1.165) is 32.4 Å². The van der Waals surface area contributed by atoms with Crippen LogP contribution in [0.15, 0.2) is 0 Å². The summed E-state index contributed by atoms with van der Waals surface area (Å²) in [6.45, 7) is 3.03. The first kappa shape index (κ1) is 13.4. The largest absolute Gasteiger partial charge is 0.382 e. The topological polar surface area (TPSA) is 54.3 Å². The lowest BCUT2D eigenvalue weighted by molar-refractivity contribution is 0.0692. The summed E-state index contributed by atoms with van der Waals surface area (Å²) < 4.78 is 10.2. The van der Waals surface area contributed by atoms with E-state index in [-0.39, 0.29) is 5.92 Å². The second-order valence-corrected chi connectivity index (χ2v) is 4.19. The fraction of sp³-hybridized carbons (Fsp3) is 0.917. The number of methoxy groups -OCH3 is 1. The predicted molar refractivity (Wildman–Crippen MR) is 62.1 cm³/mol. The zero-order valence-electron chi connectivity index (χ0n) is 10.1. The zero-order valence-corrected chi connectivity index (χ0v) is 10.1. The molecule has 0 aromatic heterocycles. The number of hydrogen-bond donors (Lipinski definition) is 1. The van der Waals surface area contributed by atoms with Gasteiger partial charge in [-0.05, 0) is 25.8 Å². The van der Waals surface area contributed by atoms with Crippen molar-refractivity contribution in [2.75, 3.05) is 33.5 Å². The Morgan fingerprint density at radius 2 is 2.19 bits per heavy atom. The Labute approximate surface area is 97.9 Å². The normalized spacial score (nSPS) is 24.5. The molecule has 0 bridgehead atoms. The Bertz CT molecular complexity index is 216. The standard InChI is InChI=1S/C12H22N2O2/c1-15-8-9-16-7-3-6-14-12-5-2-4-11(12)10-13/h11-12,14H,2-9H2,1H3. The third-order valence-corrected chi connectivity index (χ3v) is 2.99. The van der Waals surface area contributed by atoms with E-state index in [4.69, 9.17) is 14.7 Å². The maximum Gasteiger partial charge on any atom is 0.0700 e. The fourth-order valence-corrected chi connectivity index (χ4v) is 2.06. The zero-order chi connectivity index (χ0) is 11.6. The molecular weight excluding hydrogens is 204 g/mol. The van der Waals surface area contributed by atoms with Crippen molar-refractivity contribution >= 4 is 0 Å². The molecule has 0 amide bonds. The van der Waals surface area contributed by atoms with Crippen molar-refractivity contribution < 1.29 is 9.47 Å². The van der Waals surface area contributed by atoms with E-state index in [0.29, 0.717) is 19.3 Å². The van der Waals surface area contributed by atoms with Gasteiger partial charge in [-0.25, -0.2) is 0 Å². The minimum Gasteiger partial charge on any atom is -0.382 e. The molecule has 1 aliphatic carbocycles. The van der Waals surface area contributed by atoms with Crippen LogP contribution in [0.2, 0.25) is 0 Å². The third kappa shape index (κ3) is 4.93. The molecule has 0 spiro atoms. The van der Waals surface area contributed by atoms with Gasteiger partial charge in [-0.1, -0.05) is 6.42 Å². The molecule has 0 aliphatic heterocycles. The van der Waals surface area contributed by atoms with Crippen LogP contribution in [0.5, 0.6) is 0 Å². The van der Waals surface area contributed by atoms with E-state index in [1.165, 1.54) is 6.42 Å². The van der Waals surface area contributed by atoms with Gasteiger partial charge in [0.2, 0.25) is 0 Å². The number of nitriles is 1. The number of ether oxygens (including phenoxy) is 2. The third-order valence-electron chi connectivity index (χ3n) is 2.99. The van der Waals surface area contributed by atoms with Gasteiger partial charge in [-0.3, -0.25) is 0 Å². The SMILES string of the molecule is COCCOCCCNC1CCCC1C#N. The molecule has 0 aromatic carbocycles. The summed E-state index contributed by atoms with van der Waals surface area (Å²) in [7, 11) is 1.67. The van der Waals surface area contributed by atoms with E-state index >= 15 is 0 Å². The molecule has 2 unspecified atom stereocenters. The van der Waals surface area contributed by atoms with Gasteiger partial charge in [-0.2, -0.15) is 5.26 Å². The molecule has 1 N–H and O–H groups in total. The van der Waals surface area contributed by atoms with Crippen LogP contribution in [0.4, 0.5) is 0 Å². The van der Waals surface area contributed by atoms with Crippen LogP contribution < -0.4 is 5.32 Å². The molecule has 0 aromatic rings. The molecule has 4 heteroatoms. The molecule has 0 radical (unpaired) electrons. The number of nitrogens with one attached hydrogen (secondary N) is 1. The Hall–Kier alpha value is -0.630. The molecular formula is C12H22N2O2. The molecule has 2 atom stereocenters. The smallest absolute Gasteiger partial charge is 0.0700 e. The van der Waals surface area contributed by atoms with Crippen molar-refractivity contribution in [2.45, 2.75) is 31.7 Å². The minimum atomic E-state index is 0.217. The molecule has 16 heavy (non-hydrogen) atoms. The molecule has 1 aliphatic rings. The summed E-state index contributed by atoms with van der Waals surface area (Å²) in [6, 6.07) is 2.78. The van der Waals surface area contributed by atoms with E-state index < -0.39 is 0 Å². The lowest BCUT2D eigenvalue weighted by Crippen LogP contribution is -2.33. The summed E-state index contributed by atoms with van der Waals surface area (Å²) in [5, 5.41) is 12.3. The van der Waals surface area contributed by atoms with Crippen LogP contribution in [0.1, 0.15) is 25.7 Å². The van der Waals surface area contributed by atoms with Gasteiger partial charge >= 0.3 is 0 Å². The van der Waals surface area contributed by atoms with Gasteiger partial charge in [-0.15, -0.1) is 0 Å². The Kier molecular flexibility index (Phi) is 7.15. The van der Waals surface area contributed by atoms with Gasteiger partial charge in [0.05, 0.1) is 25.2 Å². The molecule has 1 saturated carbocycles. The summed E-state index contributed by atoms with van der Waals surface area (Å²) in [5.74, 6) is 0.217. The number of hydrogen-bond acceptors (Lipinski definition) is 4. The van der Waals surface area contributed by atoms with Crippen molar-refractivity contribution in [1.82, 2.24) is 5.32 Å². The first-order chi connectivity index (χ1) is 7.88. The first-order valence-electron chi connectivity index (χ1n) is 6.08. The monoisotopic (exact) mass is 226 g/mol. The van der Waals surface area contributed by atoms with E-state index in [2.05, 4.69) is 11.4 Å². The van der Waals surface area contributed by atoms with Crippen molar-refractivity contribution in [2.24, 2.45) is 5.92 Å². The molecule has 92 valence electrons. The Morgan fingerprint density at radius 3 is 2.94 bits per heavy atom. The van der Waals surface area contributed by atoms with Gasteiger partial charge in [0.25, 0.3) is 0 Å². The van der Waals surface area contributed by atoms with Gasteiger partial charge < -0.3 is 14.8 Å². The Balaban J connectivity index is 1.93. The Morgan fingerprint density at radius 1 is 1.31 bits per heavy atom. The highest BCUT2D eigenvalue weighted by molar-refractivity contribution is 4.96. The number of rotatable bonds is 8. The van der Waals surface area contributed by atoms with Crippen LogP contribution in [-0.2, 0) is 9.47 Å². The average molecular weight is 226 g/mol. The summed E-state index contributed by atoms with van der Waals surface area (Å²) in [6.07, 6.45) is 4.37. The van der Waals surface area contributed by atoms with E-state index in [1.54, 1.807) is 7.11 Å². The molecule has 0 heterocycles. The van der Waals surface area contributed by atoms with Gasteiger partial charge in [0, 0.05) is 19.8 Å². The quantitative estimate of drug-likeness (QED) is 0.634. The van der Waals surface area contributed by atoms with Crippen LogP contribution in [0.25, 0.3) is 0 Å². The molecule has 4 nitrogen and oxygen atoms in total. The van der Waals surface area contributed by atoms with Crippen molar-refractivity contribution in [3.8, 4) is 6.07 Å². The van der Waals surface area contributed by atoms with Crippen LogP contribution in [0, 0.1) is 17.2 Å². The second kappa shape index (κ2) is 8.51. The average Bonchev–Trinajstić information content (AvgIpc) is 2.75. The lowest BCUT2D eigenvalue weighted by Gasteiger charge is -2.15. The number of nitrogens with zero attached hydrogens (tertiary/aromatic N) is 1. The van der Waals surface area contributed by atoms with Crippen molar-refractivity contribution in [3.63, 3.8) is 0 Å². The summed E-state index contributed by atoms with van der Waals surface area (Å²) in [4.78, 5) is 0.